The molecule has 0 bridgehead atoms. The van der Waals surface area contributed by atoms with E-state index in [0.29, 0.717) is 19.4 Å². The summed E-state index contributed by atoms with van der Waals surface area (Å²) in [4.78, 5) is 58.8. The molecule has 0 fully saturated rings. The van der Waals surface area contributed by atoms with Gasteiger partial charge in [-0.25, -0.2) is 4.79 Å². The van der Waals surface area contributed by atoms with Crippen LogP contribution in [0.1, 0.15) is 45.1 Å². The van der Waals surface area contributed by atoms with Crippen LogP contribution in [0, 0.1) is 5.92 Å². The average Bonchev–Trinajstić information content (AvgIpc) is 2.90. The van der Waals surface area contributed by atoms with Crippen LogP contribution < -0.4 is 44.6 Å². The van der Waals surface area contributed by atoms with Gasteiger partial charge in [0.15, 0.2) is 11.9 Å². The fourth-order valence-corrected chi connectivity index (χ4v) is 3.80. The lowest BCUT2D eigenvalue weighted by Crippen LogP contribution is -2.58. The van der Waals surface area contributed by atoms with Crippen molar-refractivity contribution < 1.29 is 24.3 Å². The zero-order chi connectivity index (χ0) is 30.9. The number of amides is 3. The number of rotatable bonds is 18. The molecule has 4 atom stereocenters. The number of hydrogen-bond acceptors (Lipinski definition) is 7. The number of carbonyl (C=O) groups is 4. The van der Waals surface area contributed by atoms with Gasteiger partial charge in [-0.3, -0.25) is 24.4 Å². The number of carbonyl (C=O) groups excluding carboxylic acids is 3. The number of nitrogens with one attached hydrogen (secondary N) is 3. The Morgan fingerprint density at radius 1 is 0.780 bits per heavy atom. The standard InChI is InChI=1S/C26H44N10O5/c1-15(2)20(23(39)35-19(24(40)41)14-16-8-4-3-5-9-16)36-22(38)18(11-7-13-33-26(30)31)34-21(37)17(27)10-6-12-32-25(28)29/h3-5,8-9,15,17-20H,6-7,10-14,27H2,1-2H3,(H,34,37)(H,35,39)(H,36,38)(H,40,41)(H4,28,29,32)(H4,30,31,33). The third kappa shape index (κ3) is 14.0. The molecule has 0 aliphatic rings. The summed E-state index contributed by atoms with van der Waals surface area (Å²) in [5, 5.41) is 17.5. The van der Waals surface area contributed by atoms with Crippen LogP contribution in [-0.2, 0) is 25.6 Å². The summed E-state index contributed by atoms with van der Waals surface area (Å²) in [6, 6.07) is 4.56. The fraction of sp³-hybridized carbons (Fsp3) is 0.538. The number of nitrogens with zero attached hydrogens (tertiary/aromatic N) is 2. The molecule has 0 aliphatic heterocycles. The molecule has 1 aromatic rings. The van der Waals surface area contributed by atoms with Gasteiger partial charge in [0.25, 0.3) is 0 Å². The van der Waals surface area contributed by atoms with E-state index in [0.717, 1.165) is 5.56 Å². The lowest BCUT2D eigenvalue weighted by molar-refractivity contribution is -0.142. The molecular formula is C26H44N10O5. The van der Waals surface area contributed by atoms with Gasteiger partial charge < -0.3 is 49.7 Å². The number of aliphatic imine (C=N–C) groups is 2. The molecule has 0 aromatic heterocycles. The van der Waals surface area contributed by atoms with Crippen molar-refractivity contribution in [2.75, 3.05) is 13.1 Å². The molecule has 228 valence electrons. The van der Waals surface area contributed by atoms with Gasteiger partial charge in [-0.1, -0.05) is 44.2 Å². The van der Waals surface area contributed by atoms with E-state index < -0.39 is 53.8 Å². The summed E-state index contributed by atoms with van der Waals surface area (Å²) in [5.74, 6) is -3.68. The first-order valence-electron chi connectivity index (χ1n) is 13.4. The highest BCUT2D eigenvalue weighted by Gasteiger charge is 2.31. The molecular weight excluding hydrogens is 532 g/mol. The summed E-state index contributed by atoms with van der Waals surface area (Å²) in [6.45, 7) is 3.91. The molecule has 0 saturated heterocycles. The van der Waals surface area contributed by atoms with Gasteiger partial charge in [0, 0.05) is 19.5 Å². The van der Waals surface area contributed by atoms with Crippen molar-refractivity contribution in [2.24, 2.45) is 44.6 Å². The number of carboxylic acids is 1. The van der Waals surface area contributed by atoms with Crippen LogP contribution in [0.25, 0.3) is 0 Å². The maximum atomic E-state index is 13.3. The highest BCUT2D eigenvalue weighted by Crippen LogP contribution is 2.09. The minimum absolute atomic E-state index is 0.0607. The maximum absolute atomic E-state index is 13.3. The van der Waals surface area contributed by atoms with Crippen LogP contribution in [0.15, 0.2) is 40.3 Å². The number of guanidine groups is 2. The molecule has 15 heteroatoms. The largest absolute Gasteiger partial charge is 0.480 e. The predicted molar refractivity (Wildman–Crippen MR) is 156 cm³/mol. The quantitative estimate of drug-likeness (QED) is 0.0519. The van der Waals surface area contributed by atoms with Crippen LogP contribution in [0.4, 0.5) is 0 Å². The minimum Gasteiger partial charge on any atom is -0.480 e. The number of nitrogens with two attached hydrogens (primary N) is 5. The molecule has 1 rings (SSSR count). The molecule has 0 saturated carbocycles. The number of hydrogen-bond donors (Lipinski definition) is 9. The van der Waals surface area contributed by atoms with E-state index in [1.807, 2.05) is 0 Å². The van der Waals surface area contributed by atoms with Crippen molar-refractivity contribution in [2.45, 2.75) is 70.1 Å². The lowest BCUT2D eigenvalue weighted by atomic mass is 10.00. The molecule has 41 heavy (non-hydrogen) atoms. The van der Waals surface area contributed by atoms with Crippen molar-refractivity contribution in [1.82, 2.24) is 16.0 Å². The van der Waals surface area contributed by atoms with Gasteiger partial charge >= 0.3 is 5.97 Å². The van der Waals surface area contributed by atoms with Crippen molar-refractivity contribution >= 4 is 35.6 Å². The Hall–Kier alpha value is -4.40. The number of aliphatic carboxylic acids is 1. The predicted octanol–water partition coefficient (Wildman–Crippen LogP) is -2.14. The molecule has 3 amide bonds. The van der Waals surface area contributed by atoms with Crippen molar-refractivity contribution in [3.05, 3.63) is 35.9 Å². The molecule has 1 aromatic carbocycles. The van der Waals surface area contributed by atoms with Crippen LogP contribution in [0.2, 0.25) is 0 Å². The molecule has 0 radical (unpaired) electrons. The molecule has 14 N–H and O–H groups in total. The Bertz CT molecular complexity index is 1060. The van der Waals surface area contributed by atoms with E-state index in [4.69, 9.17) is 28.7 Å². The topological polar surface area (TPSA) is 279 Å². The summed E-state index contributed by atoms with van der Waals surface area (Å²) in [5.41, 5.74) is 28.0. The van der Waals surface area contributed by atoms with Crippen molar-refractivity contribution in [3.8, 4) is 0 Å². The first-order valence-corrected chi connectivity index (χ1v) is 13.4. The molecule has 0 heterocycles. The number of carboxylic acid groups (broad SMARTS) is 1. The van der Waals surface area contributed by atoms with Crippen LogP contribution >= 0.6 is 0 Å². The van der Waals surface area contributed by atoms with Gasteiger partial charge in [-0.05, 0) is 37.2 Å². The van der Waals surface area contributed by atoms with E-state index in [1.54, 1.807) is 44.2 Å². The van der Waals surface area contributed by atoms with E-state index in [9.17, 15) is 24.3 Å². The smallest absolute Gasteiger partial charge is 0.326 e. The third-order valence-corrected chi connectivity index (χ3v) is 6.03. The van der Waals surface area contributed by atoms with Crippen LogP contribution in [0.5, 0.6) is 0 Å². The van der Waals surface area contributed by atoms with E-state index in [1.165, 1.54) is 0 Å². The fourth-order valence-electron chi connectivity index (χ4n) is 3.80. The van der Waals surface area contributed by atoms with Crippen molar-refractivity contribution in [3.63, 3.8) is 0 Å². The van der Waals surface area contributed by atoms with Gasteiger partial charge in [-0.15, -0.1) is 0 Å². The minimum atomic E-state index is -1.21. The number of benzene rings is 1. The Morgan fingerprint density at radius 2 is 1.32 bits per heavy atom. The Labute approximate surface area is 239 Å². The average molecular weight is 577 g/mol. The third-order valence-electron chi connectivity index (χ3n) is 6.03. The van der Waals surface area contributed by atoms with E-state index >= 15 is 0 Å². The molecule has 4 unspecified atom stereocenters. The molecule has 15 nitrogen and oxygen atoms in total. The van der Waals surface area contributed by atoms with Crippen LogP contribution in [0.3, 0.4) is 0 Å². The van der Waals surface area contributed by atoms with Gasteiger partial charge in [0.1, 0.15) is 18.1 Å². The second-order valence-electron chi connectivity index (χ2n) is 9.88. The van der Waals surface area contributed by atoms with Gasteiger partial charge in [0.2, 0.25) is 17.7 Å². The SMILES string of the molecule is CC(C)C(NC(=O)C(CCCN=C(N)N)NC(=O)C(N)CCCN=C(N)N)C(=O)NC(Cc1ccccc1)C(=O)O. The monoisotopic (exact) mass is 576 g/mol. The Kier molecular flexibility index (Phi) is 15.2. The summed E-state index contributed by atoms with van der Waals surface area (Å²) in [7, 11) is 0. The Balaban J connectivity index is 2.96. The Morgan fingerprint density at radius 3 is 1.83 bits per heavy atom. The van der Waals surface area contributed by atoms with Gasteiger partial charge in [-0.2, -0.15) is 0 Å². The highest BCUT2D eigenvalue weighted by atomic mass is 16.4. The molecule has 0 spiro atoms. The van der Waals surface area contributed by atoms with Gasteiger partial charge in [0.05, 0.1) is 6.04 Å². The zero-order valence-electron chi connectivity index (χ0n) is 23.6. The summed E-state index contributed by atoms with van der Waals surface area (Å²) in [6.07, 6.45) is 1.25. The normalized spacial score (nSPS) is 13.7. The summed E-state index contributed by atoms with van der Waals surface area (Å²) >= 11 is 0. The van der Waals surface area contributed by atoms with Crippen molar-refractivity contribution in [1.29, 1.82) is 0 Å². The second-order valence-corrected chi connectivity index (χ2v) is 9.88. The van der Waals surface area contributed by atoms with E-state index in [2.05, 4.69) is 25.9 Å². The maximum Gasteiger partial charge on any atom is 0.326 e. The second kappa shape index (κ2) is 18.0. The highest BCUT2D eigenvalue weighted by molar-refractivity contribution is 5.94. The van der Waals surface area contributed by atoms with E-state index in [-0.39, 0.29) is 37.7 Å². The zero-order valence-corrected chi connectivity index (χ0v) is 23.6. The first-order chi connectivity index (χ1) is 19.3. The van der Waals surface area contributed by atoms with Crippen LogP contribution in [-0.4, -0.2) is 78.0 Å². The molecule has 0 aliphatic carbocycles. The summed E-state index contributed by atoms with van der Waals surface area (Å²) < 4.78 is 0. The lowest BCUT2D eigenvalue weighted by Gasteiger charge is -2.27. The first kappa shape index (κ1) is 34.6.